The van der Waals surface area contributed by atoms with Crippen LogP contribution in [-0.2, 0) is 16.2 Å². The highest BCUT2D eigenvalue weighted by molar-refractivity contribution is 7.18. The number of halogens is 1. The average Bonchev–Trinajstić information content (AvgIpc) is 3.38. The van der Waals surface area contributed by atoms with Crippen molar-refractivity contribution < 1.29 is 28.6 Å². The molecule has 1 aromatic carbocycles. The lowest BCUT2D eigenvalue weighted by molar-refractivity contribution is 0.0527. The molecule has 3 aromatic rings. The predicted molar refractivity (Wildman–Crippen MR) is 123 cm³/mol. The van der Waals surface area contributed by atoms with Crippen LogP contribution in [-0.4, -0.2) is 40.8 Å². The second-order valence-corrected chi connectivity index (χ2v) is 8.06. The average molecular weight is 492 g/mol. The Morgan fingerprint density at radius 1 is 1.06 bits per heavy atom. The maximum Gasteiger partial charge on any atom is 0.348 e. The molecule has 0 aliphatic carbocycles. The number of esters is 2. The van der Waals surface area contributed by atoms with Crippen LogP contribution in [0, 0.1) is 6.92 Å². The minimum absolute atomic E-state index is 0.0281. The molecule has 0 spiro atoms. The highest BCUT2D eigenvalue weighted by atomic mass is 35.5. The van der Waals surface area contributed by atoms with E-state index in [4.69, 9.17) is 25.8 Å². The zero-order valence-electron chi connectivity index (χ0n) is 18.2. The molecular weight excluding hydrogens is 470 g/mol. The summed E-state index contributed by atoms with van der Waals surface area (Å²) in [6, 6.07) is 8.28. The van der Waals surface area contributed by atoms with E-state index in [1.807, 2.05) is 0 Å². The Kier molecular flexibility index (Phi) is 8.07. The van der Waals surface area contributed by atoms with E-state index in [0.717, 1.165) is 11.3 Å². The number of thiophene rings is 1. The lowest BCUT2D eigenvalue weighted by Crippen LogP contribution is -2.20. The summed E-state index contributed by atoms with van der Waals surface area (Å²) in [5, 5.41) is 7.57. The molecule has 0 saturated heterocycles. The Labute approximate surface area is 199 Å². The molecule has 0 atom stereocenters. The summed E-state index contributed by atoms with van der Waals surface area (Å²) < 4.78 is 17.2. The van der Waals surface area contributed by atoms with Crippen molar-refractivity contribution in [3.05, 3.63) is 63.2 Å². The van der Waals surface area contributed by atoms with Gasteiger partial charge in [0, 0.05) is 11.2 Å². The Balaban J connectivity index is 1.83. The number of amides is 1. The third-order valence-corrected chi connectivity index (χ3v) is 5.87. The number of benzene rings is 1. The fourth-order valence-corrected chi connectivity index (χ4v) is 4.11. The van der Waals surface area contributed by atoms with Crippen LogP contribution in [0.3, 0.4) is 0 Å². The molecule has 3 rings (SSSR count). The number of hydrogen-bond donors (Lipinski definition) is 1. The fraction of sp³-hybridized carbons (Fsp3) is 0.273. The predicted octanol–water partition coefficient (Wildman–Crippen LogP) is 4.55. The minimum Gasteiger partial charge on any atom is -0.471 e. The van der Waals surface area contributed by atoms with E-state index >= 15 is 0 Å². The van der Waals surface area contributed by atoms with E-state index in [0.29, 0.717) is 16.3 Å². The Morgan fingerprint density at radius 3 is 2.39 bits per heavy atom. The summed E-state index contributed by atoms with van der Waals surface area (Å²) in [5.41, 5.74) is 0.691. The molecule has 0 radical (unpaired) electrons. The molecule has 0 bridgehead atoms. The molecule has 0 unspecified atom stereocenters. The molecule has 2 aromatic heterocycles. The quantitative estimate of drug-likeness (QED) is 0.437. The van der Waals surface area contributed by atoms with Crippen LogP contribution in [0.4, 0.5) is 5.00 Å². The first-order chi connectivity index (χ1) is 15.8. The number of carbonyl (C=O) groups excluding carboxylic acids is 3. The van der Waals surface area contributed by atoms with Gasteiger partial charge in [0.05, 0.1) is 18.8 Å². The van der Waals surface area contributed by atoms with E-state index in [2.05, 4.69) is 10.4 Å². The van der Waals surface area contributed by atoms with Crippen LogP contribution in [0.15, 0.2) is 36.5 Å². The van der Waals surface area contributed by atoms with E-state index in [-0.39, 0.29) is 41.1 Å². The van der Waals surface area contributed by atoms with Crippen molar-refractivity contribution in [1.82, 2.24) is 9.78 Å². The SMILES string of the molecule is CCOC(=O)c1sc(NC(=O)c2ccnn2COc2ccc(Cl)cc2)c(C(=O)OCC)c1C. The number of nitrogens with zero attached hydrogens (tertiary/aromatic N) is 2. The fourth-order valence-electron chi connectivity index (χ4n) is 2.90. The number of hydrogen-bond acceptors (Lipinski definition) is 8. The van der Waals surface area contributed by atoms with Crippen LogP contribution in [0.2, 0.25) is 5.02 Å². The zero-order chi connectivity index (χ0) is 24.0. The van der Waals surface area contributed by atoms with Crippen molar-refractivity contribution in [3.8, 4) is 5.75 Å². The van der Waals surface area contributed by atoms with Gasteiger partial charge in [-0.3, -0.25) is 4.79 Å². The minimum atomic E-state index is -0.642. The standard InChI is InChI=1S/C22H22ClN3O6S/c1-4-30-21(28)17-13(3)18(22(29)31-5-2)33-20(17)25-19(27)16-10-11-24-26(16)12-32-15-8-6-14(23)7-9-15/h6-11H,4-5,12H2,1-3H3,(H,25,27). The molecule has 0 fully saturated rings. The number of carbonyl (C=O) groups is 3. The number of aromatic nitrogens is 2. The summed E-state index contributed by atoms with van der Waals surface area (Å²) in [4.78, 5) is 38.0. The highest BCUT2D eigenvalue weighted by Crippen LogP contribution is 2.34. The monoisotopic (exact) mass is 491 g/mol. The maximum atomic E-state index is 13.0. The zero-order valence-corrected chi connectivity index (χ0v) is 19.8. The number of nitrogens with one attached hydrogen (secondary N) is 1. The van der Waals surface area contributed by atoms with Gasteiger partial charge in [-0.1, -0.05) is 11.6 Å². The highest BCUT2D eigenvalue weighted by Gasteiger charge is 2.28. The normalized spacial score (nSPS) is 10.5. The molecule has 0 aliphatic heterocycles. The Hall–Kier alpha value is -3.37. The molecule has 2 heterocycles. The first kappa shape index (κ1) is 24.3. The maximum absolute atomic E-state index is 13.0. The van der Waals surface area contributed by atoms with Crippen LogP contribution in [0.1, 0.15) is 49.9 Å². The lowest BCUT2D eigenvalue weighted by Gasteiger charge is -2.10. The third kappa shape index (κ3) is 5.71. The molecule has 9 nitrogen and oxygen atoms in total. The molecule has 1 N–H and O–H groups in total. The summed E-state index contributed by atoms with van der Waals surface area (Å²) in [7, 11) is 0. The Morgan fingerprint density at radius 2 is 1.73 bits per heavy atom. The van der Waals surface area contributed by atoms with Crippen molar-refractivity contribution in [2.24, 2.45) is 0 Å². The number of rotatable bonds is 9. The molecule has 33 heavy (non-hydrogen) atoms. The first-order valence-electron chi connectivity index (χ1n) is 10.0. The van der Waals surface area contributed by atoms with Gasteiger partial charge in [0.1, 0.15) is 21.3 Å². The van der Waals surface area contributed by atoms with E-state index in [9.17, 15) is 14.4 Å². The van der Waals surface area contributed by atoms with Gasteiger partial charge in [0.2, 0.25) is 0 Å². The topological polar surface area (TPSA) is 109 Å². The molecule has 174 valence electrons. The second-order valence-electron chi connectivity index (χ2n) is 6.60. The first-order valence-corrected chi connectivity index (χ1v) is 11.2. The van der Waals surface area contributed by atoms with Crippen LogP contribution in [0.25, 0.3) is 0 Å². The van der Waals surface area contributed by atoms with Crippen molar-refractivity contribution >= 4 is 45.8 Å². The summed E-state index contributed by atoms with van der Waals surface area (Å²) in [6.45, 7) is 5.26. The van der Waals surface area contributed by atoms with Crippen molar-refractivity contribution in [1.29, 1.82) is 0 Å². The van der Waals surface area contributed by atoms with Crippen LogP contribution < -0.4 is 10.1 Å². The Bertz CT molecular complexity index is 1160. The van der Waals surface area contributed by atoms with Crippen LogP contribution in [0.5, 0.6) is 5.75 Å². The summed E-state index contributed by atoms with van der Waals surface area (Å²) in [6.07, 6.45) is 1.45. The van der Waals surface area contributed by atoms with E-state index in [1.54, 1.807) is 45.0 Å². The van der Waals surface area contributed by atoms with Crippen molar-refractivity contribution in [2.45, 2.75) is 27.5 Å². The third-order valence-electron chi connectivity index (χ3n) is 4.43. The van der Waals surface area contributed by atoms with Gasteiger partial charge in [-0.05, 0) is 56.7 Å². The van der Waals surface area contributed by atoms with Crippen molar-refractivity contribution in [2.75, 3.05) is 18.5 Å². The van der Waals surface area contributed by atoms with E-state index in [1.165, 1.54) is 16.9 Å². The van der Waals surface area contributed by atoms with Gasteiger partial charge in [-0.2, -0.15) is 5.10 Å². The lowest BCUT2D eigenvalue weighted by atomic mass is 10.1. The molecule has 1 amide bonds. The van der Waals surface area contributed by atoms with Crippen molar-refractivity contribution in [3.63, 3.8) is 0 Å². The second kappa shape index (κ2) is 11.0. The molecule has 0 aliphatic rings. The molecule has 11 heteroatoms. The largest absolute Gasteiger partial charge is 0.471 e. The van der Waals surface area contributed by atoms with Gasteiger partial charge in [0.15, 0.2) is 6.73 Å². The number of ether oxygens (including phenoxy) is 3. The van der Waals surface area contributed by atoms with E-state index < -0.39 is 17.8 Å². The number of anilines is 1. The molecular formula is C22H22ClN3O6S. The van der Waals surface area contributed by atoms with Crippen LogP contribution >= 0.6 is 22.9 Å². The molecule has 0 saturated carbocycles. The van der Waals surface area contributed by atoms with Gasteiger partial charge >= 0.3 is 11.9 Å². The van der Waals surface area contributed by atoms with Gasteiger partial charge in [-0.15, -0.1) is 11.3 Å². The summed E-state index contributed by atoms with van der Waals surface area (Å²) in [5.74, 6) is -1.20. The van der Waals surface area contributed by atoms with Gasteiger partial charge in [-0.25, -0.2) is 14.3 Å². The smallest absolute Gasteiger partial charge is 0.348 e. The van der Waals surface area contributed by atoms with Gasteiger partial charge < -0.3 is 19.5 Å². The summed E-state index contributed by atoms with van der Waals surface area (Å²) >= 11 is 6.82. The van der Waals surface area contributed by atoms with Gasteiger partial charge in [0.25, 0.3) is 5.91 Å².